The molecule has 1 unspecified atom stereocenters. The summed E-state index contributed by atoms with van der Waals surface area (Å²) >= 11 is 0. The number of carboxylic acid groups (broad SMARTS) is 1. The van der Waals surface area contributed by atoms with Gasteiger partial charge >= 0.3 is 5.97 Å². The molecule has 1 amide bonds. The van der Waals surface area contributed by atoms with Gasteiger partial charge in [0.1, 0.15) is 0 Å². The van der Waals surface area contributed by atoms with E-state index in [9.17, 15) is 19.5 Å². The lowest BCUT2D eigenvalue weighted by atomic mass is 9.85. The third kappa shape index (κ3) is 2.96. The average molecular weight is 300 g/mol. The maximum absolute atomic E-state index is 12.5. The monoisotopic (exact) mass is 300 g/mol. The highest BCUT2D eigenvalue weighted by molar-refractivity contribution is 6.16. The van der Waals surface area contributed by atoms with E-state index in [1.165, 1.54) is 6.07 Å². The van der Waals surface area contributed by atoms with E-state index < -0.39 is 23.2 Å². The van der Waals surface area contributed by atoms with Crippen LogP contribution in [0, 0.1) is 0 Å². The lowest BCUT2D eigenvalue weighted by molar-refractivity contribution is -0.141. The van der Waals surface area contributed by atoms with Crippen molar-refractivity contribution in [2.75, 3.05) is 0 Å². The summed E-state index contributed by atoms with van der Waals surface area (Å²) < 4.78 is 0. The molecule has 5 N–H and O–H groups in total. The molecule has 0 aliphatic heterocycles. The van der Waals surface area contributed by atoms with Gasteiger partial charge in [0.2, 0.25) is 5.91 Å². The first kappa shape index (κ1) is 15.7. The Morgan fingerprint density at radius 3 is 2.27 bits per heavy atom. The van der Waals surface area contributed by atoms with Crippen molar-refractivity contribution in [3.8, 4) is 0 Å². The number of benzene rings is 2. The standard InChI is InChI=1S/C16H16N2O4/c17-13(19)7-8-16(18,15(21)22)14(20)12-6-5-10-3-1-2-4-11(10)9-12/h1-6,9H,7-8,18H2,(H2,17,19)(H,21,22). The summed E-state index contributed by atoms with van der Waals surface area (Å²) in [6.45, 7) is 0. The molecule has 22 heavy (non-hydrogen) atoms. The van der Waals surface area contributed by atoms with Gasteiger partial charge in [-0.25, -0.2) is 4.79 Å². The highest BCUT2D eigenvalue weighted by Crippen LogP contribution is 2.21. The van der Waals surface area contributed by atoms with E-state index in [2.05, 4.69) is 0 Å². The van der Waals surface area contributed by atoms with Crippen molar-refractivity contribution in [2.45, 2.75) is 18.4 Å². The largest absolute Gasteiger partial charge is 0.480 e. The lowest BCUT2D eigenvalue weighted by Crippen LogP contribution is -2.55. The minimum Gasteiger partial charge on any atom is -0.480 e. The van der Waals surface area contributed by atoms with Crippen molar-refractivity contribution in [1.82, 2.24) is 0 Å². The first-order chi connectivity index (χ1) is 10.3. The quantitative estimate of drug-likeness (QED) is 0.544. The van der Waals surface area contributed by atoms with Crippen LogP contribution in [0.4, 0.5) is 0 Å². The molecule has 0 bridgehead atoms. The Kier molecular flexibility index (Phi) is 4.23. The summed E-state index contributed by atoms with van der Waals surface area (Å²) in [6.07, 6.45) is -0.620. The summed E-state index contributed by atoms with van der Waals surface area (Å²) in [4.78, 5) is 34.8. The van der Waals surface area contributed by atoms with E-state index >= 15 is 0 Å². The highest BCUT2D eigenvalue weighted by atomic mass is 16.4. The predicted octanol–water partition coefficient (Wildman–Crippen LogP) is 1.07. The number of hydrogen-bond donors (Lipinski definition) is 3. The lowest BCUT2D eigenvalue weighted by Gasteiger charge is -2.22. The Hall–Kier alpha value is -2.73. The van der Waals surface area contributed by atoms with Crippen molar-refractivity contribution in [1.29, 1.82) is 0 Å². The van der Waals surface area contributed by atoms with Crippen LogP contribution in [0.3, 0.4) is 0 Å². The number of rotatable bonds is 6. The molecule has 1 atom stereocenters. The number of carbonyl (C=O) groups is 3. The average Bonchev–Trinajstić information content (AvgIpc) is 2.51. The van der Waals surface area contributed by atoms with Gasteiger partial charge in [-0.15, -0.1) is 0 Å². The third-order valence-electron chi connectivity index (χ3n) is 3.56. The van der Waals surface area contributed by atoms with Gasteiger partial charge in [0, 0.05) is 12.0 Å². The van der Waals surface area contributed by atoms with Crippen molar-refractivity contribution in [3.63, 3.8) is 0 Å². The summed E-state index contributed by atoms with van der Waals surface area (Å²) in [6, 6.07) is 12.2. The number of carboxylic acids is 1. The highest BCUT2D eigenvalue weighted by Gasteiger charge is 2.42. The van der Waals surface area contributed by atoms with Gasteiger partial charge in [-0.2, -0.15) is 0 Å². The zero-order valence-corrected chi connectivity index (χ0v) is 11.8. The number of ketones is 1. The van der Waals surface area contributed by atoms with Crippen LogP contribution in [0.25, 0.3) is 10.8 Å². The fourth-order valence-electron chi connectivity index (χ4n) is 2.23. The van der Waals surface area contributed by atoms with Crippen molar-refractivity contribution < 1.29 is 19.5 Å². The molecule has 2 aromatic carbocycles. The number of fused-ring (bicyclic) bond motifs is 1. The van der Waals surface area contributed by atoms with E-state index in [0.717, 1.165) is 10.8 Å². The molecule has 0 aliphatic carbocycles. The number of hydrogen-bond acceptors (Lipinski definition) is 4. The number of Topliss-reactive ketones (excluding diaryl/α,β-unsaturated/α-hetero) is 1. The van der Waals surface area contributed by atoms with Crippen molar-refractivity contribution >= 4 is 28.4 Å². The van der Waals surface area contributed by atoms with Gasteiger partial charge < -0.3 is 16.6 Å². The van der Waals surface area contributed by atoms with Gasteiger partial charge in [0.05, 0.1) is 0 Å². The fraction of sp³-hybridized carbons (Fsp3) is 0.188. The first-order valence-corrected chi connectivity index (χ1v) is 6.69. The van der Waals surface area contributed by atoms with Crippen LogP contribution in [0.2, 0.25) is 0 Å². The molecule has 0 heterocycles. The molecule has 0 spiro atoms. The molecule has 114 valence electrons. The predicted molar refractivity (Wildman–Crippen MR) is 81.3 cm³/mol. The maximum Gasteiger partial charge on any atom is 0.331 e. The molecular weight excluding hydrogens is 284 g/mol. The maximum atomic E-state index is 12.5. The number of nitrogens with two attached hydrogens (primary N) is 2. The van der Waals surface area contributed by atoms with Crippen LogP contribution >= 0.6 is 0 Å². The molecule has 0 aromatic heterocycles. The summed E-state index contributed by atoms with van der Waals surface area (Å²) in [7, 11) is 0. The van der Waals surface area contributed by atoms with E-state index in [-0.39, 0.29) is 18.4 Å². The van der Waals surface area contributed by atoms with E-state index in [4.69, 9.17) is 11.5 Å². The van der Waals surface area contributed by atoms with Gasteiger partial charge in [-0.3, -0.25) is 9.59 Å². The van der Waals surface area contributed by atoms with Crippen LogP contribution in [-0.2, 0) is 9.59 Å². The molecule has 0 saturated carbocycles. The van der Waals surface area contributed by atoms with Gasteiger partial charge in [-0.05, 0) is 23.3 Å². The molecular formula is C16H16N2O4. The van der Waals surface area contributed by atoms with E-state index in [0.29, 0.717) is 0 Å². The summed E-state index contributed by atoms with van der Waals surface area (Å²) in [5, 5.41) is 11.0. The summed E-state index contributed by atoms with van der Waals surface area (Å²) in [5.74, 6) is -2.93. The molecule has 6 heteroatoms. The molecule has 2 aromatic rings. The van der Waals surface area contributed by atoms with Crippen LogP contribution in [0.1, 0.15) is 23.2 Å². The summed E-state index contributed by atoms with van der Waals surface area (Å²) in [5.41, 5.74) is 8.79. The second-order valence-corrected chi connectivity index (χ2v) is 5.13. The Labute approximate surface area is 126 Å². The second kappa shape index (κ2) is 5.95. The van der Waals surface area contributed by atoms with Crippen LogP contribution < -0.4 is 11.5 Å². The Balaban J connectivity index is 2.40. The van der Waals surface area contributed by atoms with E-state index in [1.807, 2.05) is 24.3 Å². The normalized spacial score (nSPS) is 13.5. The van der Waals surface area contributed by atoms with Crippen LogP contribution in [0.15, 0.2) is 42.5 Å². The van der Waals surface area contributed by atoms with Gasteiger partial charge in [-0.1, -0.05) is 36.4 Å². The molecule has 6 nitrogen and oxygen atoms in total. The zero-order chi connectivity index (χ0) is 16.3. The van der Waals surface area contributed by atoms with Gasteiger partial charge in [0.15, 0.2) is 11.3 Å². The minimum absolute atomic E-state index is 0.188. The SMILES string of the molecule is NC(=O)CCC(N)(C(=O)O)C(=O)c1ccc2ccccc2c1. The Morgan fingerprint density at radius 2 is 1.68 bits per heavy atom. The Bertz CT molecular complexity index is 757. The molecule has 0 radical (unpaired) electrons. The van der Waals surface area contributed by atoms with Crippen molar-refractivity contribution in [3.05, 3.63) is 48.0 Å². The zero-order valence-electron chi connectivity index (χ0n) is 11.8. The molecule has 0 saturated heterocycles. The molecule has 0 aliphatic rings. The van der Waals surface area contributed by atoms with Crippen LogP contribution in [-0.4, -0.2) is 28.3 Å². The van der Waals surface area contributed by atoms with Gasteiger partial charge in [0.25, 0.3) is 0 Å². The fourth-order valence-corrected chi connectivity index (χ4v) is 2.23. The Morgan fingerprint density at radius 1 is 1.05 bits per heavy atom. The third-order valence-corrected chi connectivity index (χ3v) is 3.56. The topological polar surface area (TPSA) is 123 Å². The number of primary amides is 1. The second-order valence-electron chi connectivity index (χ2n) is 5.13. The van der Waals surface area contributed by atoms with Crippen molar-refractivity contribution in [2.24, 2.45) is 11.5 Å². The number of carbonyl (C=O) groups excluding carboxylic acids is 2. The number of amides is 1. The molecule has 2 rings (SSSR count). The van der Waals surface area contributed by atoms with Crippen LogP contribution in [0.5, 0.6) is 0 Å². The first-order valence-electron chi connectivity index (χ1n) is 6.69. The smallest absolute Gasteiger partial charge is 0.331 e. The minimum atomic E-state index is -2.17. The number of aliphatic carboxylic acids is 1. The van der Waals surface area contributed by atoms with E-state index in [1.54, 1.807) is 12.1 Å². The molecule has 0 fully saturated rings.